The van der Waals surface area contributed by atoms with Gasteiger partial charge in [0.05, 0.1) is 12.1 Å². The first-order valence-corrected chi connectivity index (χ1v) is 9.21. The first-order chi connectivity index (χ1) is 14.5. The van der Waals surface area contributed by atoms with Crippen molar-refractivity contribution in [1.29, 1.82) is 0 Å². The normalized spacial score (nSPS) is 10.8. The number of carbonyl (C=O) groups excluding carboxylic acids is 1. The Morgan fingerprint density at radius 1 is 1.03 bits per heavy atom. The Hall–Kier alpha value is -4.07. The van der Waals surface area contributed by atoms with E-state index in [1.165, 1.54) is 16.7 Å². The fraction of sp³-hybridized carbons (Fsp3) is 0.0909. The lowest BCUT2D eigenvalue weighted by Gasteiger charge is -2.10. The number of rotatable bonds is 5. The van der Waals surface area contributed by atoms with E-state index >= 15 is 0 Å². The average Bonchev–Trinajstić information content (AvgIpc) is 2.76. The molecular weight excluding hydrogens is 387 g/mol. The van der Waals surface area contributed by atoms with Crippen molar-refractivity contribution in [3.05, 3.63) is 110 Å². The predicted molar refractivity (Wildman–Crippen MR) is 110 cm³/mol. The number of hydrogen-bond acceptors (Lipinski definition) is 4. The predicted octanol–water partition coefficient (Wildman–Crippen LogP) is 2.20. The second kappa shape index (κ2) is 8.12. The Morgan fingerprint density at radius 3 is 2.60 bits per heavy atom. The maximum atomic E-state index is 13.2. The molecule has 30 heavy (non-hydrogen) atoms. The minimum Gasteiger partial charge on any atom is -0.348 e. The van der Waals surface area contributed by atoms with Gasteiger partial charge in [-0.3, -0.25) is 19.0 Å². The molecule has 4 rings (SSSR count). The molecule has 2 aromatic carbocycles. The summed E-state index contributed by atoms with van der Waals surface area (Å²) >= 11 is 0. The topological polar surface area (TPSA) is 96.9 Å². The number of amides is 1. The van der Waals surface area contributed by atoms with Gasteiger partial charge >= 0.3 is 11.1 Å². The lowest BCUT2D eigenvalue weighted by atomic mass is 10.1. The van der Waals surface area contributed by atoms with Crippen LogP contribution in [0.5, 0.6) is 0 Å². The van der Waals surface area contributed by atoms with E-state index in [0.29, 0.717) is 22.3 Å². The highest BCUT2D eigenvalue weighted by Gasteiger charge is 2.10. The third-order valence-corrected chi connectivity index (χ3v) is 4.63. The number of aromatic amines is 1. The quantitative estimate of drug-likeness (QED) is 0.499. The third-order valence-electron chi connectivity index (χ3n) is 4.63. The van der Waals surface area contributed by atoms with Crippen LogP contribution in [0.1, 0.15) is 21.5 Å². The Kier molecular flexibility index (Phi) is 5.21. The number of nitrogens with zero attached hydrogens (tertiary/aromatic N) is 2. The maximum absolute atomic E-state index is 13.2. The van der Waals surface area contributed by atoms with Crippen molar-refractivity contribution in [2.24, 2.45) is 0 Å². The summed E-state index contributed by atoms with van der Waals surface area (Å²) in [4.78, 5) is 43.2. The van der Waals surface area contributed by atoms with E-state index in [-0.39, 0.29) is 24.8 Å². The number of aromatic nitrogens is 3. The summed E-state index contributed by atoms with van der Waals surface area (Å²) in [6.07, 6.45) is 1.54. The molecule has 2 N–H and O–H groups in total. The molecule has 2 heterocycles. The molecule has 0 bridgehead atoms. The van der Waals surface area contributed by atoms with Crippen LogP contribution in [-0.2, 0) is 13.1 Å². The van der Waals surface area contributed by atoms with Crippen molar-refractivity contribution in [2.45, 2.75) is 13.1 Å². The molecule has 0 fully saturated rings. The molecule has 0 aliphatic heterocycles. The van der Waals surface area contributed by atoms with Gasteiger partial charge in [-0.15, -0.1) is 0 Å². The van der Waals surface area contributed by atoms with E-state index in [1.54, 1.807) is 54.7 Å². The van der Waals surface area contributed by atoms with Gasteiger partial charge in [-0.2, -0.15) is 0 Å². The van der Waals surface area contributed by atoms with Gasteiger partial charge in [-0.25, -0.2) is 9.37 Å². The van der Waals surface area contributed by atoms with Crippen LogP contribution >= 0.6 is 0 Å². The van der Waals surface area contributed by atoms with E-state index in [2.05, 4.69) is 15.3 Å². The lowest BCUT2D eigenvalue weighted by Crippen LogP contribution is -2.36. The molecule has 0 radical (unpaired) electrons. The highest BCUT2D eigenvalue weighted by Crippen LogP contribution is 2.10. The van der Waals surface area contributed by atoms with Crippen molar-refractivity contribution < 1.29 is 9.18 Å². The Bertz CT molecular complexity index is 1340. The second-order valence-corrected chi connectivity index (χ2v) is 6.73. The summed E-state index contributed by atoms with van der Waals surface area (Å²) in [6.45, 7) is 0.347. The number of benzene rings is 2. The zero-order chi connectivity index (χ0) is 21.1. The van der Waals surface area contributed by atoms with Crippen LogP contribution in [0.25, 0.3) is 11.2 Å². The zero-order valence-electron chi connectivity index (χ0n) is 15.8. The number of carbonyl (C=O) groups is 1. The van der Waals surface area contributed by atoms with E-state index in [9.17, 15) is 18.8 Å². The van der Waals surface area contributed by atoms with E-state index in [4.69, 9.17) is 0 Å². The summed E-state index contributed by atoms with van der Waals surface area (Å²) in [5.74, 6) is -0.658. The third kappa shape index (κ3) is 4.02. The molecule has 7 nitrogen and oxygen atoms in total. The molecule has 8 heteroatoms. The van der Waals surface area contributed by atoms with Gasteiger partial charge in [0, 0.05) is 18.3 Å². The molecule has 0 saturated carbocycles. The van der Waals surface area contributed by atoms with E-state index in [1.807, 2.05) is 0 Å². The number of hydrogen-bond donors (Lipinski definition) is 2. The molecule has 0 spiro atoms. The van der Waals surface area contributed by atoms with Crippen molar-refractivity contribution in [1.82, 2.24) is 19.9 Å². The van der Waals surface area contributed by atoms with Gasteiger partial charge in [0.15, 0.2) is 5.65 Å². The molecule has 4 aromatic rings. The fourth-order valence-corrected chi connectivity index (χ4v) is 3.13. The molecule has 0 atom stereocenters. The highest BCUT2D eigenvalue weighted by molar-refractivity contribution is 5.94. The van der Waals surface area contributed by atoms with Crippen LogP contribution < -0.4 is 16.4 Å². The lowest BCUT2D eigenvalue weighted by molar-refractivity contribution is 0.0951. The van der Waals surface area contributed by atoms with Crippen molar-refractivity contribution in [3.8, 4) is 0 Å². The van der Waals surface area contributed by atoms with E-state index in [0.717, 1.165) is 5.56 Å². The molecule has 2 aromatic heterocycles. The van der Waals surface area contributed by atoms with E-state index < -0.39 is 11.1 Å². The van der Waals surface area contributed by atoms with Crippen molar-refractivity contribution in [3.63, 3.8) is 0 Å². The second-order valence-electron chi connectivity index (χ2n) is 6.73. The van der Waals surface area contributed by atoms with Crippen LogP contribution in [0.15, 0.2) is 76.4 Å². The number of fused-ring (bicyclic) bond motifs is 1. The SMILES string of the molecule is O=C(NCc1cccc(F)c1)c1ccc(Cn2c(=O)c(=O)[nH]c3cccnc32)cc1. The van der Waals surface area contributed by atoms with Gasteiger partial charge in [-0.05, 0) is 47.5 Å². The number of pyridine rings is 1. The summed E-state index contributed by atoms with van der Waals surface area (Å²) in [6, 6.07) is 16.0. The summed E-state index contributed by atoms with van der Waals surface area (Å²) in [5, 5.41) is 2.74. The Labute approximate surface area is 169 Å². The number of halogens is 1. The van der Waals surface area contributed by atoms with Gasteiger partial charge in [-0.1, -0.05) is 24.3 Å². The molecule has 150 valence electrons. The zero-order valence-corrected chi connectivity index (χ0v) is 15.8. The fourth-order valence-electron chi connectivity index (χ4n) is 3.13. The molecule has 0 aliphatic rings. The summed E-state index contributed by atoms with van der Waals surface area (Å²) < 4.78 is 14.5. The summed E-state index contributed by atoms with van der Waals surface area (Å²) in [5.41, 5.74) is 1.25. The smallest absolute Gasteiger partial charge is 0.318 e. The van der Waals surface area contributed by atoms with Crippen LogP contribution in [0.2, 0.25) is 0 Å². The van der Waals surface area contributed by atoms with Gasteiger partial charge < -0.3 is 10.3 Å². The largest absolute Gasteiger partial charge is 0.348 e. The Morgan fingerprint density at radius 2 is 1.83 bits per heavy atom. The van der Waals surface area contributed by atoms with Gasteiger partial charge in [0.1, 0.15) is 5.82 Å². The molecule has 0 saturated heterocycles. The molecule has 1 amide bonds. The minimum absolute atomic E-state index is 0.140. The standard InChI is InChI=1S/C22H17FN4O3/c23-17-4-1-3-15(11-17)12-25-20(28)16-8-6-14(7-9-16)13-27-19-18(5-2-10-24-19)26-21(29)22(27)30/h1-11H,12-13H2,(H,25,28)(H,26,29). The first-order valence-electron chi connectivity index (χ1n) is 9.21. The monoisotopic (exact) mass is 404 g/mol. The van der Waals surface area contributed by atoms with Crippen LogP contribution in [0.4, 0.5) is 4.39 Å². The number of H-pyrrole nitrogens is 1. The number of nitrogens with one attached hydrogen (secondary N) is 2. The van der Waals surface area contributed by atoms with Gasteiger partial charge in [0.2, 0.25) is 0 Å². The molecule has 0 unspecified atom stereocenters. The van der Waals surface area contributed by atoms with Gasteiger partial charge in [0.25, 0.3) is 5.91 Å². The minimum atomic E-state index is -0.719. The maximum Gasteiger partial charge on any atom is 0.318 e. The van der Waals surface area contributed by atoms with Crippen LogP contribution in [0, 0.1) is 5.82 Å². The van der Waals surface area contributed by atoms with Crippen molar-refractivity contribution in [2.75, 3.05) is 0 Å². The Balaban J connectivity index is 1.51. The molecule has 0 aliphatic carbocycles. The van der Waals surface area contributed by atoms with Crippen LogP contribution in [0.3, 0.4) is 0 Å². The molecular formula is C22H17FN4O3. The van der Waals surface area contributed by atoms with Crippen molar-refractivity contribution >= 4 is 17.1 Å². The average molecular weight is 404 g/mol. The first kappa shape index (κ1) is 19.3. The van der Waals surface area contributed by atoms with Crippen LogP contribution in [-0.4, -0.2) is 20.4 Å². The summed E-state index contributed by atoms with van der Waals surface area (Å²) in [7, 11) is 0. The highest BCUT2D eigenvalue weighted by atomic mass is 19.1.